The van der Waals surface area contributed by atoms with Crippen LogP contribution in [0.2, 0.25) is 0 Å². The fraction of sp³-hybridized carbons (Fsp3) is 0.292. The molecule has 1 heterocycles. The summed E-state index contributed by atoms with van der Waals surface area (Å²) in [5.74, 6) is -0.313. The van der Waals surface area contributed by atoms with Crippen LogP contribution in [0.3, 0.4) is 0 Å². The molecule has 0 saturated heterocycles. The average Bonchev–Trinajstić information content (AvgIpc) is 2.82. The van der Waals surface area contributed by atoms with Crippen LogP contribution in [0.15, 0.2) is 43.0 Å². The van der Waals surface area contributed by atoms with Gasteiger partial charge in [-0.15, -0.1) is 0 Å². The van der Waals surface area contributed by atoms with Gasteiger partial charge >= 0.3 is 5.97 Å². The molecule has 0 bridgehead atoms. The number of amides is 2. The molecule has 1 N–H and O–H groups in total. The molecule has 0 saturated carbocycles. The monoisotopic (exact) mass is 438 g/mol. The minimum absolute atomic E-state index is 0.129. The number of methoxy groups -OCH3 is 3. The number of nitrogens with one attached hydrogen (secondary N) is 1. The van der Waals surface area contributed by atoms with Crippen molar-refractivity contribution in [3.8, 4) is 11.5 Å². The van der Waals surface area contributed by atoms with E-state index in [0.29, 0.717) is 30.2 Å². The van der Waals surface area contributed by atoms with Crippen molar-refractivity contribution in [2.24, 2.45) is 0 Å². The molecular weight excluding hydrogens is 412 g/mol. The van der Waals surface area contributed by atoms with Crippen molar-refractivity contribution < 1.29 is 28.6 Å². The third-order valence-electron chi connectivity index (χ3n) is 5.41. The molecule has 2 aromatic rings. The topological polar surface area (TPSA) is 94.2 Å². The molecule has 3 rings (SSSR count). The summed E-state index contributed by atoms with van der Waals surface area (Å²) < 4.78 is 15.5. The maximum Gasteiger partial charge on any atom is 0.338 e. The van der Waals surface area contributed by atoms with Crippen molar-refractivity contribution in [2.45, 2.75) is 19.4 Å². The Hall–Kier alpha value is -3.81. The van der Waals surface area contributed by atoms with E-state index in [4.69, 9.17) is 14.2 Å². The Balaban J connectivity index is 1.78. The van der Waals surface area contributed by atoms with Gasteiger partial charge in [0.25, 0.3) is 5.91 Å². The van der Waals surface area contributed by atoms with Crippen LogP contribution in [-0.2, 0) is 16.0 Å². The predicted octanol–water partition coefficient (Wildman–Crippen LogP) is 2.66. The number of esters is 1. The number of rotatable bonds is 6. The Kier molecular flexibility index (Phi) is 6.82. The summed E-state index contributed by atoms with van der Waals surface area (Å²) in [6, 6.07) is 9.12. The number of hydrogen-bond donors (Lipinski definition) is 1. The number of ether oxygens (including phenoxy) is 3. The first kappa shape index (κ1) is 22.9. The number of nitrogens with zero attached hydrogens (tertiary/aromatic N) is 1. The second-order valence-electron chi connectivity index (χ2n) is 7.28. The SMILES string of the molecule is C=C1c2cc(OC)c(OC)cc2CCN1C(=O)C(C)NC(=O)c1ccccc1C(=O)OC. The zero-order valence-corrected chi connectivity index (χ0v) is 18.6. The lowest BCUT2D eigenvalue weighted by Gasteiger charge is -2.33. The van der Waals surface area contributed by atoms with Gasteiger partial charge in [0, 0.05) is 17.8 Å². The standard InChI is InChI=1S/C24H26N2O6/c1-14(25-22(27)17-8-6-7-9-18(17)24(29)32-5)23(28)26-11-10-16-12-20(30-3)21(31-4)13-19(16)15(26)2/h6-9,12-14H,2,10-11H2,1,3-5H3,(H,25,27). The van der Waals surface area contributed by atoms with Gasteiger partial charge in [-0.25, -0.2) is 4.79 Å². The lowest BCUT2D eigenvalue weighted by atomic mass is 9.95. The molecule has 0 fully saturated rings. The maximum atomic E-state index is 13.1. The number of fused-ring (bicyclic) bond motifs is 1. The second-order valence-corrected chi connectivity index (χ2v) is 7.28. The third-order valence-corrected chi connectivity index (χ3v) is 5.41. The zero-order chi connectivity index (χ0) is 23.4. The molecule has 1 aliphatic rings. The minimum atomic E-state index is -0.841. The molecule has 1 unspecified atom stereocenters. The lowest BCUT2D eigenvalue weighted by Crippen LogP contribution is -2.48. The summed E-state index contributed by atoms with van der Waals surface area (Å²) in [6.07, 6.45) is 0.603. The highest BCUT2D eigenvalue weighted by Crippen LogP contribution is 2.37. The molecular formula is C24H26N2O6. The Morgan fingerprint density at radius 1 is 1.03 bits per heavy atom. The second kappa shape index (κ2) is 9.55. The van der Waals surface area contributed by atoms with Crippen LogP contribution < -0.4 is 14.8 Å². The van der Waals surface area contributed by atoms with Crippen molar-refractivity contribution >= 4 is 23.5 Å². The average molecular weight is 438 g/mol. The smallest absolute Gasteiger partial charge is 0.338 e. The Morgan fingerprint density at radius 3 is 2.28 bits per heavy atom. The first-order valence-electron chi connectivity index (χ1n) is 10.1. The number of hydrogen-bond acceptors (Lipinski definition) is 6. The van der Waals surface area contributed by atoms with Crippen LogP contribution in [0.4, 0.5) is 0 Å². The highest BCUT2D eigenvalue weighted by atomic mass is 16.5. The van der Waals surface area contributed by atoms with Crippen molar-refractivity contribution in [1.82, 2.24) is 10.2 Å². The van der Waals surface area contributed by atoms with Crippen LogP contribution in [0.1, 0.15) is 38.8 Å². The summed E-state index contributed by atoms with van der Waals surface area (Å²) in [5.41, 5.74) is 2.58. The van der Waals surface area contributed by atoms with Crippen molar-refractivity contribution in [2.75, 3.05) is 27.9 Å². The first-order chi connectivity index (χ1) is 15.3. The molecule has 2 amide bonds. The van der Waals surface area contributed by atoms with E-state index >= 15 is 0 Å². The maximum absolute atomic E-state index is 13.1. The van der Waals surface area contributed by atoms with E-state index < -0.39 is 17.9 Å². The minimum Gasteiger partial charge on any atom is -0.493 e. The molecule has 0 radical (unpaired) electrons. The van der Waals surface area contributed by atoms with Crippen LogP contribution in [0, 0.1) is 0 Å². The van der Waals surface area contributed by atoms with Gasteiger partial charge in [-0.3, -0.25) is 9.59 Å². The van der Waals surface area contributed by atoms with E-state index in [1.165, 1.54) is 19.2 Å². The van der Waals surface area contributed by atoms with Crippen molar-refractivity contribution in [1.29, 1.82) is 0 Å². The van der Waals surface area contributed by atoms with Crippen molar-refractivity contribution in [3.05, 3.63) is 65.2 Å². The summed E-state index contributed by atoms with van der Waals surface area (Å²) in [6.45, 7) is 6.10. The fourth-order valence-corrected chi connectivity index (χ4v) is 3.69. The molecule has 8 nitrogen and oxygen atoms in total. The zero-order valence-electron chi connectivity index (χ0n) is 18.6. The number of carbonyl (C=O) groups excluding carboxylic acids is 3. The van der Waals surface area contributed by atoms with E-state index in [-0.39, 0.29) is 17.0 Å². The van der Waals surface area contributed by atoms with Gasteiger partial charge in [-0.1, -0.05) is 18.7 Å². The lowest BCUT2D eigenvalue weighted by molar-refractivity contribution is -0.129. The van der Waals surface area contributed by atoms with Crippen LogP contribution in [0.25, 0.3) is 5.70 Å². The Labute approximate surface area is 186 Å². The molecule has 168 valence electrons. The molecule has 1 atom stereocenters. The summed E-state index contributed by atoms with van der Waals surface area (Å²) in [7, 11) is 4.36. The fourth-order valence-electron chi connectivity index (χ4n) is 3.69. The van der Waals surface area contributed by atoms with Crippen LogP contribution in [-0.4, -0.2) is 56.6 Å². The number of carbonyl (C=O) groups is 3. The first-order valence-corrected chi connectivity index (χ1v) is 10.1. The van der Waals surface area contributed by atoms with Gasteiger partial charge in [0.15, 0.2) is 11.5 Å². The molecule has 0 spiro atoms. The molecule has 1 aliphatic heterocycles. The van der Waals surface area contributed by atoms with Gasteiger partial charge in [0.1, 0.15) is 6.04 Å². The Morgan fingerprint density at radius 2 is 1.66 bits per heavy atom. The van der Waals surface area contributed by atoms with Gasteiger partial charge in [0.2, 0.25) is 5.91 Å². The molecule has 2 aromatic carbocycles. The van der Waals surface area contributed by atoms with Gasteiger partial charge in [0.05, 0.1) is 32.5 Å². The van der Waals surface area contributed by atoms with Gasteiger partial charge in [-0.05, 0) is 43.2 Å². The third kappa shape index (κ3) is 4.30. The van der Waals surface area contributed by atoms with E-state index in [1.54, 1.807) is 44.2 Å². The van der Waals surface area contributed by atoms with E-state index in [2.05, 4.69) is 11.9 Å². The van der Waals surface area contributed by atoms with Gasteiger partial charge in [-0.2, -0.15) is 0 Å². The van der Waals surface area contributed by atoms with Crippen LogP contribution >= 0.6 is 0 Å². The quantitative estimate of drug-likeness (QED) is 0.697. The molecule has 32 heavy (non-hydrogen) atoms. The summed E-state index contributed by atoms with van der Waals surface area (Å²) >= 11 is 0. The number of benzene rings is 2. The van der Waals surface area contributed by atoms with E-state index in [1.807, 2.05) is 6.07 Å². The highest BCUT2D eigenvalue weighted by Gasteiger charge is 2.30. The summed E-state index contributed by atoms with van der Waals surface area (Å²) in [5, 5.41) is 2.67. The van der Waals surface area contributed by atoms with Crippen LogP contribution in [0.5, 0.6) is 11.5 Å². The molecule has 0 aromatic heterocycles. The van der Waals surface area contributed by atoms with Crippen molar-refractivity contribution in [3.63, 3.8) is 0 Å². The molecule has 0 aliphatic carbocycles. The predicted molar refractivity (Wildman–Crippen MR) is 119 cm³/mol. The Bertz CT molecular complexity index is 1080. The summed E-state index contributed by atoms with van der Waals surface area (Å²) in [4.78, 5) is 39.4. The van der Waals surface area contributed by atoms with Gasteiger partial charge < -0.3 is 24.4 Å². The van der Waals surface area contributed by atoms with E-state index in [0.717, 1.165) is 11.1 Å². The highest BCUT2D eigenvalue weighted by molar-refractivity contribution is 6.06. The molecule has 8 heteroatoms. The normalized spacial score (nSPS) is 13.6. The largest absolute Gasteiger partial charge is 0.493 e. The van der Waals surface area contributed by atoms with E-state index in [9.17, 15) is 14.4 Å².